The zero-order valence-electron chi connectivity index (χ0n) is 15.9. The molecule has 146 valence electrons. The molecule has 0 aliphatic carbocycles. The van der Waals surface area contributed by atoms with Crippen LogP contribution in [0.4, 0.5) is 0 Å². The maximum atomic E-state index is 11.7. The van der Waals surface area contributed by atoms with Gasteiger partial charge in [0.1, 0.15) is 0 Å². The van der Waals surface area contributed by atoms with Crippen molar-refractivity contribution in [3.05, 3.63) is 29.3 Å². The fourth-order valence-corrected chi connectivity index (χ4v) is 3.85. The molecule has 1 aromatic rings. The molecule has 1 fully saturated rings. The lowest BCUT2D eigenvalue weighted by molar-refractivity contribution is 0.0389. The lowest BCUT2D eigenvalue weighted by Crippen LogP contribution is -2.44. The molecule has 0 radical (unpaired) electrons. The fourth-order valence-electron chi connectivity index (χ4n) is 2.90. The van der Waals surface area contributed by atoms with Crippen LogP contribution in [-0.4, -0.2) is 71.5 Å². The molecule has 26 heavy (non-hydrogen) atoms. The Morgan fingerprint density at radius 3 is 2.62 bits per heavy atom. The van der Waals surface area contributed by atoms with Crippen LogP contribution in [0.3, 0.4) is 0 Å². The zero-order chi connectivity index (χ0) is 19.0. The maximum absolute atomic E-state index is 11.7. The van der Waals surface area contributed by atoms with Crippen molar-refractivity contribution in [2.45, 2.75) is 25.3 Å². The predicted octanol–water partition coefficient (Wildman–Crippen LogP) is 0.786. The Morgan fingerprint density at radius 1 is 1.27 bits per heavy atom. The van der Waals surface area contributed by atoms with Crippen LogP contribution in [0.5, 0.6) is 0 Å². The number of rotatable bonds is 7. The molecule has 8 heteroatoms. The van der Waals surface area contributed by atoms with Gasteiger partial charge >= 0.3 is 0 Å². The van der Waals surface area contributed by atoms with E-state index in [1.807, 2.05) is 26.0 Å². The fraction of sp³-hybridized carbons (Fsp3) is 0.611. The first-order valence-corrected chi connectivity index (χ1v) is 10.9. The topological polar surface area (TPSA) is 83.0 Å². The number of sulfone groups is 1. The molecule has 0 spiro atoms. The van der Waals surface area contributed by atoms with Crippen molar-refractivity contribution in [1.29, 1.82) is 0 Å². The highest BCUT2D eigenvalue weighted by molar-refractivity contribution is 7.90. The molecular formula is C18H30N4O3S. The highest BCUT2D eigenvalue weighted by atomic mass is 32.2. The SMILES string of the molecule is CCNC(=NCc1ccc(S(C)(=O)=O)c(C)c1)NCCN1CCOCC1. The smallest absolute Gasteiger partial charge is 0.191 e. The number of guanidine groups is 1. The second-order valence-corrected chi connectivity index (χ2v) is 8.43. The average Bonchev–Trinajstić information content (AvgIpc) is 2.59. The van der Waals surface area contributed by atoms with E-state index in [1.54, 1.807) is 6.07 Å². The highest BCUT2D eigenvalue weighted by Crippen LogP contribution is 2.17. The number of ether oxygens (including phenoxy) is 1. The van der Waals surface area contributed by atoms with Crippen molar-refractivity contribution >= 4 is 15.8 Å². The third-order valence-electron chi connectivity index (χ3n) is 4.23. The second-order valence-electron chi connectivity index (χ2n) is 6.45. The lowest BCUT2D eigenvalue weighted by atomic mass is 10.1. The Kier molecular flexibility index (Phi) is 7.86. The summed E-state index contributed by atoms with van der Waals surface area (Å²) >= 11 is 0. The van der Waals surface area contributed by atoms with Crippen LogP contribution in [0.2, 0.25) is 0 Å². The minimum absolute atomic E-state index is 0.376. The van der Waals surface area contributed by atoms with Gasteiger partial charge < -0.3 is 15.4 Å². The van der Waals surface area contributed by atoms with Crippen molar-refractivity contribution < 1.29 is 13.2 Å². The van der Waals surface area contributed by atoms with Crippen molar-refractivity contribution in [3.8, 4) is 0 Å². The summed E-state index contributed by atoms with van der Waals surface area (Å²) in [7, 11) is -3.19. The minimum Gasteiger partial charge on any atom is -0.379 e. The quantitative estimate of drug-likeness (QED) is 0.536. The first kappa shape index (κ1) is 20.7. The summed E-state index contributed by atoms with van der Waals surface area (Å²) in [6.07, 6.45) is 1.23. The summed E-state index contributed by atoms with van der Waals surface area (Å²) in [4.78, 5) is 7.35. The number of aryl methyl sites for hydroxylation is 1. The summed E-state index contributed by atoms with van der Waals surface area (Å²) in [5, 5.41) is 6.59. The molecule has 1 aliphatic heterocycles. The molecule has 1 aromatic carbocycles. The van der Waals surface area contributed by atoms with Crippen LogP contribution < -0.4 is 10.6 Å². The van der Waals surface area contributed by atoms with Gasteiger partial charge in [0.25, 0.3) is 0 Å². The summed E-state index contributed by atoms with van der Waals surface area (Å²) in [6.45, 7) is 10.5. The Labute approximate surface area is 156 Å². The van der Waals surface area contributed by atoms with E-state index < -0.39 is 9.84 Å². The van der Waals surface area contributed by atoms with E-state index in [2.05, 4.69) is 20.5 Å². The Morgan fingerprint density at radius 2 is 2.00 bits per heavy atom. The van der Waals surface area contributed by atoms with Crippen LogP contribution in [-0.2, 0) is 21.1 Å². The number of aliphatic imine (C=N–C) groups is 1. The molecule has 0 atom stereocenters. The lowest BCUT2D eigenvalue weighted by Gasteiger charge is -2.26. The summed E-state index contributed by atoms with van der Waals surface area (Å²) in [5.41, 5.74) is 1.74. The molecular weight excluding hydrogens is 352 g/mol. The summed E-state index contributed by atoms with van der Waals surface area (Å²) in [6, 6.07) is 5.37. The van der Waals surface area contributed by atoms with Gasteiger partial charge in [0.2, 0.25) is 0 Å². The first-order valence-electron chi connectivity index (χ1n) is 9.02. The summed E-state index contributed by atoms with van der Waals surface area (Å²) < 4.78 is 28.8. The van der Waals surface area contributed by atoms with Gasteiger partial charge in [-0.25, -0.2) is 13.4 Å². The number of benzene rings is 1. The van der Waals surface area contributed by atoms with E-state index in [9.17, 15) is 8.42 Å². The molecule has 0 bridgehead atoms. The second kappa shape index (κ2) is 9.89. The first-order chi connectivity index (χ1) is 12.4. The van der Waals surface area contributed by atoms with E-state index in [0.29, 0.717) is 11.4 Å². The maximum Gasteiger partial charge on any atom is 0.191 e. The third-order valence-corrected chi connectivity index (χ3v) is 5.48. The molecule has 2 rings (SSSR count). The van der Waals surface area contributed by atoms with Gasteiger partial charge in [0, 0.05) is 39.0 Å². The number of hydrogen-bond acceptors (Lipinski definition) is 5. The molecule has 0 saturated carbocycles. The van der Waals surface area contributed by atoms with Gasteiger partial charge in [-0.2, -0.15) is 0 Å². The number of hydrogen-bond donors (Lipinski definition) is 2. The third kappa shape index (κ3) is 6.59. The van der Waals surface area contributed by atoms with Crippen LogP contribution in [0.1, 0.15) is 18.1 Å². The largest absolute Gasteiger partial charge is 0.379 e. The molecule has 1 heterocycles. The molecule has 2 N–H and O–H groups in total. The van der Waals surface area contributed by atoms with Crippen molar-refractivity contribution in [2.75, 3.05) is 52.2 Å². The molecule has 7 nitrogen and oxygen atoms in total. The average molecular weight is 383 g/mol. The minimum atomic E-state index is -3.19. The van der Waals surface area contributed by atoms with E-state index in [4.69, 9.17) is 4.74 Å². The van der Waals surface area contributed by atoms with Crippen LogP contribution in [0, 0.1) is 6.92 Å². The predicted molar refractivity (Wildman–Crippen MR) is 104 cm³/mol. The normalized spacial score (nSPS) is 16.5. The standard InChI is InChI=1S/C18H30N4O3S/c1-4-19-18(20-7-8-22-9-11-25-12-10-22)21-14-16-5-6-17(15(2)13-16)26(3,23)24/h5-6,13H,4,7-12,14H2,1-3H3,(H2,19,20,21). The molecule has 0 amide bonds. The van der Waals surface area contributed by atoms with Crippen LogP contribution >= 0.6 is 0 Å². The van der Waals surface area contributed by atoms with Crippen molar-refractivity contribution in [2.24, 2.45) is 4.99 Å². The molecule has 0 aromatic heterocycles. The van der Waals surface area contributed by atoms with Gasteiger partial charge in [0.05, 0.1) is 24.7 Å². The van der Waals surface area contributed by atoms with Crippen LogP contribution in [0.25, 0.3) is 0 Å². The molecule has 1 aliphatic rings. The summed E-state index contributed by atoms with van der Waals surface area (Å²) in [5.74, 6) is 0.769. The van der Waals surface area contributed by atoms with E-state index >= 15 is 0 Å². The molecule has 1 saturated heterocycles. The monoisotopic (exact) mass is 382 g/mol. The van der Waals surface area contributed by atoms with Gasteiger partial charge in [-0.1, -0.05) is 12.1 Å². The van der Waals surface area contributed by atoms with E-state index in [-0.39, 0.29) is 0 Å². The Hall–Kier alpha value is -1.64. The van der Waals surface area contributed by atoms with E-state index in [0.717, 1.165) is 63.0 Å². The highest BCUT2D eigenvalue weighted by Gasteiger charge is 2.11. The number of nitrogens with zero attached hydrogens (tertiary/aromatic N) is 2. The number of morpholine rings is 1. The van der Waals surface area contributed by atoms with Crippen molar-refractivity contribution in [1.82, 2.24) is 15.5 Å². The van der Waals surface area contributed by atoms with E-state index in [1.165, 1.54) is 6.26 Å². The van der Waals surface area contributed by atoms with Crippen LogP contribution in [0.15, 0.2) is 28.1 Å². The number of nitrogens with one attached hydrogen (secondary N) is 2. The van der Waals surface area contributed by atoms with Gasteiger partial charge in [0.15, 0.2) is 15.8 Å². The van der Waals surface area contributed by atoms with Gasteiger partial charge in [-0.3, -0.25) is 4.90 Å². The van der Waals surface area contributed by atoms with Crippen molar-refractivity contribution in [3.63, 3.8) is 0 Å². The van der Waals surface area contributed by atoms with Gasteiger partial charge in [-0.15, -0.1) is 0 Å². The Bertz CT molecular complexity index is 713. The zero-order valence-corrected chi connectivity index (χ0v) is 16.7. The van der Waals surface area contributed by atoms with Gasteiger partial charge in [-0.05, 0) is 31.0 Å². The Balaban J connectivity index is 1.92. The molecule has 0 unspecified atom stereocenters.